The van der Waals surface area contributed by atoms with Crippen molar-refractivity contribution in [1.82, 2.24) is 4.98 Å². The third-order valence-corrected chi connectivity index (χ3v) is 18.5. The molecule has 3 aliphatic rings. The van der Waals surface area contributed by atoms with Crippen LogP contribution in [-0.2, 0) is 25.1 Å². The Bertz CT molecular complexity index is 2390. The first kappa shape index (κ1) is 44.9. The zero-order valence-electron chi connectivity index (χ0n) is 37.0. The first-order valence-electron chi connectivity index (χ1n) is 21.3. The van der Waals surface area contributed by atoms with E-state index in [2.05, 4.69) is 11.1 Å². The molecule has 0 spiro atoms. The number of nitriles is 1. The Hall–Kier alpha value is -5.16. The van der Waals surface area contributed by atoms with Crippen LogP contribution < -0.4 is 10.4 Å². The second-order valence-corrected chi connectivity index (χ2v) is 24.5. The van der Waals surface area contributed by atoms with Gasteiger partial charge in [0.25, 0.3) is 0 Å². The lowest BCUT2D eigenvalue weighted by Gasteiger charge is -2.67. The third kappa shape index (κ3) is 7.79. The van der Waals surface area contributed by atoms with Crippen LogP contribution in [0.2, 0.25) is 10.1 Å². The van der Waals surface area contributed by atoms with Crippen LogP contribution in [0.3, 0.4) is 0 Å². The van der Waals surface area contributed by atoms with E-state index in [9.17, 15) is 24.8 Å². The van der Waals surface area contributed by atoms with Crippen molar-refractivity contribution in [3.63, 3.8) is 0 Å². The zero-order chi connectivity index (χ0) is 45.0. The van der Waals surface area contributed by atoms with Crippen LogP contribution in [0, 0.1) is 34.0 Å². The van der Waals surface area contributed by atoms with Crippen molar-refractivity contribution in [2.45, 2.75) is 122 Å². The SMILES string of the molecule is CC(C)(C)[Si](F)(O[C@H]1CC[C@@]2(C)[C@@H](C[C@H](OC(=O)c3ccc(C#N)cc3)[C@@]3(C)Oc4cc(-c5cccnc5)oc(=O)c4[C@H](O)[C@H]23)[C@]1(C)COC(=O)Cc1ccccc1)C(C)(C)C. The molecule has 62 heavy (non-hydrogen) atoms. The Balaban J connectivity index is 1.37. The first-order valence-corrected chi connectivity index (χ1v) is 23.1. The number of aromatic nitrogens is 1. The lowest BCUT2D eigenvalue weighted by atomic mass is 9.42. The minimum absolute atomic E-state index is 0.0157. The fourth-order valence-electron chi connectivity index (χ4n) is 11.0. The van der Waals surface area contributed by atoms with E-state index in [-0.39, 0.29) is 42.1 Å². The van der Waals surface area contributed by atoms with Crippen LogP contribution in [0.15, 0.2) is 94.4 Å². The molecule has 1 N–H and O–H groups in total. The molecule has 2 saturated carbocycles. The van der Waals surface area contributed by atoms with Crippen molar-refractivity contribution in [1.29, 1.82) is 5.26 Å². The number of aliphatic hydroxyl groups is 1. The minimum atomic E-state index is -4.15. The molecule has 0 unspecified atom stereocenters. The van der Waals surface area contributed by atoms with Crippen molar-refractivity contribution in [2.75, 3.05) is 6.61 Å². The number of carbonyl (C=O) groups excluding carboxylic acids is 2. The number of hydrogen-bond acceptors (Lipinski definition) is 11. The molecule has 7 rings (SSSR count). The van der Waals surface area contributed by atoms with Gasteiger partial charge in [0.05, 0.1) is 42.4 Å². The number of aliphatic hydroxyl groups excluding tert-OH is 1. The van der Waals surface area contributed by atoms with Gasteiger partial charge in [0.2, 0.25) is 0 Å². The van der Waals surface area contributed by atoms with Gasteiger partial charge in [-0.25, -0.2) is 9.59 Å². The topological polar surface area (TPSA) is 158 Å². The van der Waals surface area contributed by atoms with Crippen molar-refractivity contribution in [3.05, 3.63) is 118 Å². The molecular formula is C49H57FN2O9Si. The van der Waals surface area contributed by atoms with Crippen molar-refractivity contribution < 1.29 is 41.9 Å². The maximum atomic E-state index is 18.0. The Labute approximate surface area is 363 Å². The van der Waals surface area contributed by atoms with E-state index in [0.29, 0.717) is 24.0 Å². The summed E-state index contributed by atoms with van der Waals surface area (Å²) in [5, 5.41) is 20.5. The molecule has 0 amide bonds. The Morgan fingerprint density at radius 3 is 2.27 bits per heavy atom. The molecule has 328 valence electrons. The summed E-state index contributed by atoms with van der Waals surface area (Å²) in [4.78, 5) is 46.0. The standard InChI is InChI=1S/C49H57FN2O9Si/c1-45(2,3)62(50,46(4,5)6)61-37-21-22-47(7)36(48(37,8)29-57-39(53)24-30-14-11-10-12-15-30)26-38(59-43(55)32-19-17-31(27-51)18-20-32)49(9)42(47)41(54)40-35(60-49)25-34(58-44(40)56)33-16-13-23-52-28-33/h10-20,23,25,28,36-38,41-42,54H,21-22,24,26,29H2,1-9H3/t36-,37+,38+,41+,42-,47+,48+,49-/m1/s1. The lowest BCUT2D eigenvalue weighted by Crippen LogP contribution is -2.72. The molecule has 0 bridgehead atoms. The number of ether oxygens (including phenoxy) is 3. The van der Waals surface area contributed by atoms with E-state index in [1.54, 1.807) is 37.5 Å². The number of benzene rings is 2. The Morgan fingerprint density at radius 1 is 0.984 bits per heavy atom. The zero-order valence-corrected chi connectivity index (χ0v) is 38.0. The van der Waals surface area contributed by atoms with Crippen molar-refractivity contribution in [2.24, 2.45) is 22.7 Å². The van der Waals surface area contributed by atoms with E-state index in [4.69, 9.17) is 23.1 Å². The molecule has 0 saturated heterocycles. The highest BCUT2D eigenvalue weighted by molar-refractivity contribution is 6.72. The summed E-state index contributed by atoms with van der Waals surface area (Å²) in [6, 6.07) is 22.4. The quantitative estimate of drug-likeness (QED) is 0.0970. The van der Waals surface area contributed by atoms with Gasteiger partial charge in [-0.15, -0.1) is 0 Å². The number of nitrogens with zero attached hydrogens (tertiary/aromatic N) is 2. The number of halogens is 1. The fourth-order valence-corrected chi connectivity index (χ4v) is 14.7. The van der Waals surface area contributed by atoms with Gasteiger partial charge in [-0.2, -0.15) is 5.26 Å². The normalized spacial score (nSPS) is 28.3. The van der Waals surface area contributed by atoms with Crippen LogP contribution in [-0.4, -0.2) is 55.1 Å². The van der Waals surface area contributed by atoms with E-state index in [0.717, 1.165) is 5.56 Å². The Kier molecular flexibility index (Phi) is 11.7. The van der Waals surface area contributed by atoms with E-state index in [1.807, 2.05) is 85.7 Å². The maximum Gasteiger partial charge on any atom is 0.394 e. The fraction of sp³-hybridized carbons (Fsp3) is 0.490. The molecule has 2 aromatic heterocycles. The second-order valence-electron chi connectivity index (χ2n) is 20.1. The minimum Gasteiger partial charge on any atom is -0.482 e. The van der Waals surface area contributed by atoms with Gasteiger partial charge in [0, 0.05) is 45.4 Å². The molecule has 1 aliphatic heterocycles. The summed E-state index contributed by atoms with van der Waals surface area (Å²) in [5.41, 5.74) is -2.45. The molecule has 13 heteroatoms. The van der Waals surface area contributed by atoms with Gasteiger partial charge in [-0.3, -0.25) is 13.9 Å². The van der Waals surface area contributed by atoms with Crippen LogP contribution >= 0.6 is 0 Å². The second kappa shape index (κ2) is 16.2. The highest BCUT2D eigenvalue weighted by atomic mass is 28.4. The number of esters is 2. The highest BCUT2D eigenvalue weighted by Gasteiger charge is 2.72. The number of fused-ring (bicyclic) bond motifs is 4. The van der Waals surface area contributed by atoms with Gasteiger partial charge in [-0.05, 0) is 79.5 Å². The number of hydrogen-bond donors (Lipinski definition) is 1. The molecule has 11 nitrogen and oxygen atoms in total. The molecule has 8 atom stereocenters. The molecule has 2 fully saturated rings. The highest BCUT2D eigenvalue weighted by Crippen LogP contribution is 2.68. The van der Waals surface area contributed by atoms with Gasteiger partial charge in [0.1, 0.15) is 28.8 Å². The third-order valence-electron chi connectivity index (χ3n) is 14.0. The van der Waals surface area contributed by atoms with Crippen LogP contribution in [0.5, 0.6) is 5.75 Å². The Morgan fingerprint density at radius 2 is 1.66 bits per heavy atom. The summed E-state index contributed by atoms with van der Waals surface area (Å²) >= 11 is 0. The summed E-state index contributed by atoms with van der Waals surface area (Å²) in [6.45, 7) is 16.7. The number of carbonyl (C=O) groups is 2. The van der Waals surface area contributed by atoms with Gasteiger partial charge >= 0.3 is 26.2 Å². The molecular weight excluding hydrogens is 808 g/mol. The maximum absolute atomic E-state index is 18.0. The molecule has 2 aromatic carbocycles. The molecule has 3 heterocycles. The van der Waals surface area contributed by atoms with E-state index in [1.165, 1.54) is 24.3 Å². The smallest absolute Gasteiger partial charge is 0.394 e. The molecule has 4 aromatic rings. The van der Waals surface area contributed by atoms with Gasteiger partial charge in [-0.1, -0.05) is 85.7 Å². The van der Waals surface area contributed by atoms with Crippen molar-refractivity contribution >= 4 is 20.6 Å². The average Bonchev–Trinajstić information content (AvgIpc) is 3.21. The number of pyridine rings is 1. The largest absolute Gasteiger partial charge is 0.482 e. The first-order chi connectivity index (χ1) is 29.1. The molecule has 0 radical (unpaired) electrons. The lowest BCUT2D eigenvalue weighted by molar-refractivity contribution is -0.264. The van der Waals surface area contributed by atoms with E-state index < -0.39 is 82.9 Å². The summed E-state index contributed by atoms with van der Waals surface area (Å²) in [7, 11) is -4.15. The number of rotatable bonds is 9. The summed E-state index contributed by atoms with van der Waals surface area (Å²) < 4.78 is 50.4. The average molecular weight is 865 g/mol. The van der Waals surface area contributed by atoms with Crippen LogP contribution in [0.25, 0.3) is 11.3 Å². The van der Waals surface area contributed by atoms with Crippen LogP contribution in [0.4, 0.5) is 4.11 Å². The van der Waals surface area contributed by atoms with Crippen LogP contribution in [0.1, 0.15) is 115 Å². The monoisotopic (exact) mass is 864 g/mol. The van der Waals surface area contributed by atoms with Gasteiger partial charge in [0.15, 0.2) is 0 Å². The van der Waals surface area contributed by atoms with Crippen molar-refractivity contribution in [3.8, 4) is 23.1 Å². The summed E-state index contributed by atoms with van der Waals surface area (Å²) in [6.07, 6.45) is 0.740. The van der Waals surface area contributed by atoms with E-state index >= 15 is 4.11 Å². The summed E-state index contributed by atoms with van der Waals surface area (Å²) in [5.74, 6) is -2.35. The predicted molar refractivity (Wildman–Crippen MR) is 232 cm³/mol. The predicted octanol–water partition coefficient (Wildman–Crippen LogP) is 9.61. The van der Waals surface area contributed by atoms with Gasteiger partial charge < -0.3 is 28.2 Å². The molecule has 2 aliphatic carbocycles.